The predicted octanol–water partition coefficient (Wildman–Crippen LogP) is 6.44. The van der Waals surface area contributed by atoms with E-state index in [1.165, 1.54) is 36.4 Å². The summed E-state index contributed by atoms with van der Waals surface area (Å²) < 4.78 is 90.4. The van der Waals surface area contributed by atoms with Gasteiger partial charge in [-0.1, -0.05) is 48.6 Å². The molecule has 2 atom stereocenters. The topological polar surface area (TPSA) is 24.5 Å². The quantitative estimate of drug-likeness (QED) is 0.476. The number of ether oxygens (including phenoxy) is 1. The Balaban J connectivity index is 2.14. The Hall–Kier alpha value is -2.52. The van der Waals surface area contributed by atoms with E-state index in [1.807, 2.05) is 18.7 Å². The number of anilines is 1. The zero-order valence-corrected chi connectivity index (χ0v) is 19.2. The van der Waals surface area contributed by atoms with Crippen LogP contribution in [0.1, 0.15) is 37.5 Å². The minimum atomic E-state index is -5.74. The van der Waals surface area contributed by atoms with E-state index in [9.17, 15) is 26.3 Å². The van der Waals surface area contributed by atoms with Gasteiger partial charge < -0.3 is 15.0 Å². The molecule has 0 aliphatic carbocycles. The van der Waals surface area contributed by atoms with E-state index >= 15 is 0 Å². The van der Waals surface area contributed by atoms with Crippen LogP contribution in [0.25, 0.3) is 6.08 Å². The number of allylic oxidation sites excluding steroid dienone is 1. The van der Waals surface area contributed by atoms with Gasteiger partial charge in [0.1, 0.15) is 0 Å². The number of rotatable bonds is 6. The highest BCUT2D eigenvalue weighted by atomic mass is 19.4. The van der Waals surface area contributed by atoms with Crippen molar-refractivity contribution in [3.63, 3.8) is 0 Å². The van der Waals surface area contributed by atoms with Gasteiger partial charge in [0.2, 0.25) is 0 Å². The van der Waals surface area contributed by atoms with E-state index in [1.54, 1.807) is 19.1 Å². The Kier molecular flexibility index (Phi) is 7.67. The molecule has 1 N–H and O–H groups in total. The van der Waals surface area contributed by atoms with Crippen LogP contribution in [-0.4, -0.2) is 37.5 Å². The molecule has 0 spiro atoms. The molecule has 1 fully saturated rings. The van der Waals surface area contributed by atoms with Gasteiger partial charge in [-0.3, -0.25) is 0 Å². The molecular weight excluding hydrogens is 458 g/mol. The highest BCUT2D eigenvalue weighted by Crippen LogP contribution is 2.54. The molecule has 0 unspecified atom stereocenters. The highest BCUT2D eigenvalue weighted by Gasteiger charge is 2.73. The van der Waals surface area contributed by atoms with Gasteiger partial charge in [0.05, 0.1) is 6.61 Å². The van der Waals surface area contributed by atoms with E-state index in [-0.39, 0.29) is 23.2 Å². The van der Waals surface area contributed by atoms with Crippen molar-refractivity contribution >= 4 is 11.8 Å². The summed E-state index contributed by atoms with van der Waals surface area (Å²) in [6, 6.07) is 10.8. The lowest BCUT2D eigenvalue weighted by Crippen LogP contribution is -2.56. The van der Waals surface area contributed by atoms with E-state index in [2.05, 4.69) is 5.32 Å². The fourth-order valence-electron chi connectivity index (χ4n) is 4.21. The van der Waals surface area contributed by atoms with Crippen molar-refractivity contribution in [1.82, 2.24) is 5.32 Å². The van der Waals surface area contributed by atoms with Gasteiger partial charge in [-0.05, 0) is 44.0 Å². The molecule has 1 aliphatic heterocycles. The molecule has 9 heteroatoms. The maximum Gasteiger partial charge on any atom is 0.430 e. The summed E-state index contributed by atoms with van der Waals surface area (Å²) in [6.07, 6.45) is -8.38. The first-order valence-corrected chi connectivity index (χ1v) is 11.0. The summed E-state index contributed by atoms with van der Waals surface area (Å²) in [6.45, 7) is 5.94. The number of halogens is 6. The molecule has 1 saturated heterocycles. The van der Waals surface area contributed by atoms with Gasteiger partial charge >= 0.3 is 12.4 Å². The van der Waals surface area contributed by atoms with E-state index in [0.29, 0.717) is 18.8 Å². The summed E-state index contributed by atoms with van der Waals surface area (Å²) in [5.74, 6) is 0. The Morgan fingerprint density at radius 1 is 1.00 bits per heavy atom. The minimum Gasteiger partial charge on any atom is -0.366 e. The Labute approximate surface area is 195 Å². The number of nitrogens with zero attached hydrogens (tertiary/aromatic N) is 1. The molecule has 1 heterocycles. The Morgan fingerprint density at radius 3 is 2.24 bits per heavy atom. The lowest BCUT2D eigenvalue weighted by molar-refractivity contribution is -0.392. The average Bonchev–Trinajstić information content (AvgIpc) is 2.75. The van der Waals surface area contributed by atoms with Crippen LogP contribution in [0, 0.1) is 0 Å². The van der Waals surface area contributed by atoms with Crippen LogP contribution < -0.4 is 10.2 Å². The summed E-state index contributed by atoms with van der Waals surface area (Å²) in [7, 11) is 0. The molecule has 2 aromatic rings. The zero-order valence-electron chi connectivity index (χ0n) is 19.2. The normalized spacial score (nSPS) is 20.2. The molecule has 3 nitrogen and oxygen atoms in total. The van der Waals surface area contributed by atoms with Crippen LogP contribution in [0.5, 0.6) is 0 Å². The largest absolute Gasteiger partial charge is 0.430 e. The molecule has 0 saturated carbocycles. The number of alkyl halides is 6. The average molecular weight is 487 g/mol. The number of benzene rings is 2. The van der Waals surface area contributed by atoms with Crippen LogP contribution in [0.3, 0.4) is 0 Å². The third-order valence-corrected chi connectivity index (χ3v) is 5.95. The molecule has 34 heavy (non-hydrogen) atoms. The Bertz CT molecular complexity index is 973. The number of hydrogen-bond donors (Lipinski definition) is 1. The molecule has 3 rings (SSSR count). The first-order chi connectivity index (χ1) is 15.9. The fraction of sp³-hybridized carbons (Fsp3) is 0.440. The second-order valence-electron chi connectivity index (χ2n) is 8.54. The molecule has 0 bridgehead atoms. The van der Waals surface area contributed by atoms with Crippen molar-refractivity contribution in [1.29, 1.82) is 0 Å². The first kappa shape index (κ1) is 26.1. The van der Waals surface area contributed by atoms with Gasteiger partial charge in [-0.15, -0.1) is 0 Å². The predicted molar refractivity (Wildman–Crippen MR) is 120 cm³/mol. The van der Waals surface area contributed by atoms with Gasteiger partial charge in [0, 0.05) is 36.4 Å². The van der Waals surface area contributed by atoms with Crippen molar-refractivity contribution in [2.45, 2.75) is 57.4 Å². The standard InChI is InChI=1S/C25H28F6N2O/c1-4-8-20-13-21(11-12-22(20)33-15-17(2)32-14-18(33)3)23(24(26,27)28,25(29,30)31)34-16-19-9-6-5-7-10-19/h4-13,17-18,32H,14-16H2,1-3H3/b8-4-/t17-,18+/m1/s1. The van der Waals surface area contributed by atoms with Gasteiger partial charge in [0.25, 0.3) is 5.60 Å². The highest BCUT2D eigenvalue weighted by molar-refractivity contribution is 5.69. The van der Waals surface area contributed by atoms with Gasteiger partial charge in [0.15, 0.2) is 0 Å². The fourth-order valence-corrected chi connectivity index (χ4v) is 4.21. The monoisotopic (exact) mass is 486 g/mol. The maximum atomic E-state index is 14.3. The van der Waals surface area contributed by atoms with Gasteiger partial charge in [-0.2, -0.15) is 26.3 Å². The second kappa shape index (κ2) is 10.00. The minimum absolute atomic E-state index is 0.00961. The number of nitrogens with one attached hydrogen (secondary N) is 1. The van der Waals surface area contributed by atoms with Crippen LogP contribution in [0.15, 0.2) is 54.6 Å². The summed E-state index contributed by atoms with van der Waals surface area (Å²) in [4.78, 5) is 1.99. The van der Waals surface area contributed by atoms with Gasteiger partial charge in [-0.25, -0.2) is 0 Å². The third kappa shape index (κ3) is 5.10. The number of hydrogen-bond acceptors (Lipinski definition) is 3. The molecular formula is C25H28F6N2O. The summed E-state index contributed by atoms with van der Waals surface area (Å²) in [5.41, 5.74) is -4.44. The van der Waals surface area contributed by atoms with Crippen LogP contribution in [-0.2, 0) is 16.9 Å². The molecule has 0 radical (unpaired) electrons. The molecule has 186 valence electrons. The Morgan fingerprint density at radius 2 is 1.65 bits per heavy atom. The van der Waals surface area contributed by atoms with Crippen LogP contribution in [0.2, 0.25) is 0 Å². The maximum absolute atomic E-state index is 14.3. The molecule has 1 aliphatic rings. The molecule has 2 aromatic carbocycles. The first-order valence-electron chi connectivity index (χ1n) is 11.0. The van der Waals surface area contributed by atoms with Crippen LogP contribution >= 0.6 is 0 Å². The van der Waals surface area contributed by atoms with Crippen molar-refractivity contribution in [2.24, 2.45) is 0 Å². The summed E-state index contributed by atoms with van der Waals surface area (Å²) >= 11 is 0. The van der Waals surface area contributed by atoms with Crippen molar-refractivity contribution < 1.29 is 31.1 Å². The van der Waals surface area contributed by atoms with Crippen LogP contribution in [0.4, 0.5) is 32.0 Å². The van der Waals surface area contributed by atoms with Crippen molar-refractivity contribution in [2.75, 3.05) is 18.0 Å². The van der Waals surface area contributed by atoms with E-state index in [4.69, 9.17) is 4.74 Å². The SMILES string of the molecule is C/C=C\c1cc(C(OCc2ccccc2)(C(F)(F)F)C(F)(F)F)ccc1N1C[C@@H](C)NC[C@@H]1C. The zero-order chi connectivity index (χ0) is 25.1. The lowest BCUT2D eigenvalue weighted by Gasteiger charge is -2.41. The summed E-state index contributed by atoms with van der Waals surface area (Å²) in [5, 5.41) is 3.31. The second-order valence-corrected chi connectivity index (χ2v) is 8.54. The third-order valence-electron chi connectivity index (χ3n) is 5.95. The molecule has 0 aromatic heterocycles. The molecule has 0 amide bonds. The van der Waals surface area contributed by atoms with Crippen molar-refractivity contribution in [3.8, 4) is 0 Å². The van der Waals surface area contributed by atoms with E-state index < -0.39 is 30.1 Å². The number of piperazine rings is 1. The van der Waals surface area contributed by atoms with Crippen molar-refractivity contribution in [3.05, 3.63) is 71.3 Å². The lowest BCUT2D eigenvalue weighted by atomic mass is 9.89. The smallest absolute Gasteiger partial charge is 0.366 e. The van der Waals surface area contributed by atoms with E-state index in [0.717, 1.165) is 12.1 Å².